The van der Waals surface area contributed by atoms with Gasteiger partial charge in [0.25, 0.3) is 0 Å². The maximum absolute atomic E-state index is 4.72. The Morgan fingerprint density at radius 3 is 2.94 bits per heavy atom. The van der Waals surface area contributed by atoms with Crippen LogP contribution in [0.5, 0.6) is 0 Å². The highest BCUT2D eigenvalue weighted by atomic mass is 32.1. The van der Waals surface area contributed by atoms with Gasteiger partial charge in [-0.3, -0.25) is 4.40 Å². The lowest BCUT2D eigenvalue weighted by Gasteiger charge is -2.42. The van der Waals surface area contributed by atoms with Gasteiger partial charge in [-0.1, -0.05) is 20.3 Å². The average molecular weight is 263 g/mol. The summed E-state index contributed by atoms with van der Waals surface area (Å²) in [6.45, 7) is 5.58. The number of nitrogens with zero attached hydrogens (tertiary/aromatic N) is 2. The highest BCUT2D eigenvalue weighted by Gasteiger charge is 2.37. The number of fused-ring (bicyclic) bond motifs is 1. The van der Waals surface area contributed by atoms with Gasteiger partial charge in [0.2, 0.25) is 0 Å². The van der Waals surface area contributed by atoms with E-state index < -0.39 is 0 Å². The van der Waals surface area contributed by atoms with Gasteiger partial charge in [0.15, 0.2) is 4.96 Å². The zero-order valence-corrected chi connectivity index (χ0v) is 12.0. The van der Waals surface area contributed by atoms with Crippen LogP contribution in [0.25, 0.3) is 4.96 Å². The topological polar surface area (TPSA) is 29.3 Å². The molecule has 1 aliphatic rings. The molecule has 18 heavy (non-hydrogen) atoms. The highest BCUT2D eigenvalue weighted by molar-refractivity contribution is 7.15. The van der Waals surface area contributed by atoms with E-state index in [2.05, 4.69) is 41.3 Å². The molecule has 0 amide bonds. The fourth-order valence-corrected chi connectivity index (χ4v) is 3.48. The Morgan fingerprint density at radius 1 is 1.50 bits per heavy atom. The number of rotatable bonds is 5. The summed E-state index contributed by atoms with van der Waals surface area (Å²) in [5.41, 5.74) is 1.72. The largest absolute Gasteiger partial charge is 0.314 e. The number of thiazole rings is 1. The lowest BCUT2D eigenvalue weighted by Crippen LogP contribution is -2.43. The lowest BCUT2D eigenvalue weighted by atomic mass is 9.66. The van der Waals surface area contributed by atoms with Gasteiger partial charge in [-0.05, 0) is 24.7 Å². The first-order valence-electron chi connectivity index (χ1n) is 6.81. The summed E-state index contributed by atoms with van der Waals surface area (Å²) < 4.78 is 2.14. The molecule has 0 aliphatic heterocycles. The molecule has 2 heterocycles. The minimum absolute atomic E-state index is 0.467. The summed E-state index contributed by atoms with van der Waals surface area (Å²) in [7, 11) is 0. The molecule has 0 unspecified atom stereocenters. The number of hydrogen-bond donors (Lipinski definition) is 1. The highest BCUT2D eigenvalue weighted by Crippen LogP contribution is 2.43. The van der Waals surface area contributed by atoms with Gasteiger partial charge in [-0.2, -0.15) is 0 Å². The van der Waals surface area contributed by atoms with Crippen LogP contribution in [-0.2, 0) is 6.42 Å². The molecule has 0 radical (unpaired) electrons. The molecule has 4 heteroatoms. The molecule has 3 nitrogen and oxygen atoms in total. The molecule has 0 saturated heterocycles. The summed E-state index contributed by atoms with van der Waals surface area (Å²) in [6.07, 6.45) is 9.48. The van der Waals surface area contributed by atoms with E-state index in [4.69, 9.17) is 4.98 Å². The Hall–Kier alpha value is -0.870. The van der Waals surface area contributed by atoms with E-state index in [1.54, 1.807) is 11.3 Å². The van der Waals surface area contributed by atoms with E-state index in [1.807, 2.05) is 0 Å². The molecular weight excluding hydrogens is 242 g/mol. The summed E-state index contributed by atoms with van der Waals surface area (Å²) in [4.78, 5) is 5.84. The summed E-state index contributed by atoms with van der Waals surface area (Å²) in [5, 5.41) is 5.69. The van der Waals surface area contributed by atoms with Crippen molar-refractivity contribution in [2.75, 3.05) is 6.54 Å². The molecule has 98 valence electrons. The molecule has 1 aliphatic carbocycles. The molecule has 0 bridgehead atoms. The molecule has 3 rings (SSSR count). The van der Waals surface area contributed by atoms with Gasteiger partial charge >= 0.3 is 0 Å². The van der Waals surface area contributed by atoms with Gasteiger partial charge in [0, 0.05) is 30.4 Å². The zero-order chi connectivity index (χ0) is 12.6. The van der Waals surface area contributed by atoms with Crippen molar-refractivity contribution >= 4 is 16.3 Å². The SMILES string of the molecule is CC(C)NCC1(Cc2cn3ccsc3n2)CCC1. The Labute approximate surface area is 112 Å². The van der Waals surface area contributed by atoms with Crippen molar-refractivity contribution in [1.82, 2.24) is 14.7 Å². The second-order valence-corrected chi connectivity index (χ2v) is 6.76. The van der Waals surface area contributed by atoms with Crippen LogP contribution in [0.3, 0.4) is 0 Å². The quantitative estimate of drug-likeness (QED) is 0.898. The van der Waals surface area contributed by atoms with E-state index in [9.17, 15) is 0 Å². The fraction of sp³-hybridized carbons (Fsp3) is 0.643. The summed E-state index contributed by atoms with van der Waals surface area (Å²) >= 11 is 1.71. The van der Waals surface area contributed by atoms with E-state index in [0.29, 0.717) is 11.5 Å². The first kappa shape index (κ1) is 12.2. The summed E-state index contributed by atoms with van der Waals surface area (Å²) in [5.74, 6) is 0. The van der Waals surface area contributed by atoms with Gasteiger partial charge in [0.1, 0.15) is 0 Å². The molecule has 0 aromatic carbocycles. The van der Waals surface area contributed by atoms with E-state index in [-0.39, 0.29) is 0 Å². The van der Waals surface area contributed by atoms with E-state index >= 15 is 0 Å². The third kappa shape index (κ3) is 2.31. The minimum Gasteiger partial charge on any atom is -0.314 e. The number of aromatic nitrogens is 2. The third-order valence-electron chi connectivity index (χ3n) is 4.00. The molecule has 0 spiro atoms. The van der Waals surface area contributed by atoms with Crippen molar-refractivity contribution in [1.29, 1.82) is 0 Å². The third-order valence-corrected chi connectivity index (χ3v) is 4.77. The van der Waals surface area contributed by atoms with Crippen molar-refractivity contribution in [2.24, 2.45) is 5.41 Å². The Bertz CT molecular complexity index is 493. The second-order valence-electron chi connectivity index (χ2n) is 5.89. The molecule has 1 saturated carbocycles. The van der Waals surface area contributed by atoms with Gasteiger partial charge in [-0.15, -0.1) is 11.3 Å². The van der Waals surface area contributed by atoms with Crippen LogP contribution in [0, 0.1) is 5.41 Å². The van der Waals surface area contributed by atoms with Crippen molar-refractivity contribution in [3.05, 3.63) is 23.5 Å². The van der Waals surface area contributed by atoms with Gasteiger partial charge in [0.05, 0.1) is 5.69 Å². The maximum atomic E-state index is 4.72. The van der Waals surface area contributed by atoms with Crippen LogP contribution < -0.4 is 5.32 Å². The number of nitrogens with one attached hydrogen (secondary N) is 1. The molecule has 2 aromatic rings. The van der Waals surface area contributed by atoms with Crippen LogP contribution in [0.4, 0.5) is 0 Å². The molecule has 0 atom stereocenters. The molecule has 1 N–H and O–H groups in total. The predicted molar refractivity (Wildman–Crippen MR) is 76.2 cm³/mol. The van der Waals surface area contributed by atoms with E-state index in [0.717, 1.165) is 17.9 Å². The van der Waals surface area contributed by atoms with Crippen LogP contribution >= 0.6 is 11.3 Å². The summed E-state index contributed by atoms with van der Waals surface area (Å²) in [6, 6.07) is 0.577. The van der Waals surface area contributed by atoms with Crippen LogP contribution in [0.2, 0.25) is 0 Å². The Kier molecular flexibility index (Phi) is 3.16. The number of hydrogen-bond acceptors (Lipinski definition) is 3. The first-order chi connectivity index (χ1) is 8.67. The second kappa shape index (κ2) is 4.67. The molecule has 1 fully saturated rings. The van der Waals surface area contributed by atoms with E-state index in [1.165, 1.54) is 25.0 Å². The standard InChI is InChI=1S/C14H21N3S/c1-11(2)15-10-14(4-3-5-14)8-12-9-17-6-7-18-13(17)16-12/h6-7,9,11,15H,3-5,8,10H2,1-2H3. The Morgan fingerprint density at radius 2 is 2.33 bits per heavy atom. The first-order valence-corrected chi connectivity index (χ1v) is 7.69. The number of imidazole rings is 1. The van der Waals surface area contributed by atoms with Crippen LogP contribution in [0.1, 0.15) is 38.8 Å². The van der Waals surface area contributed by atoms with Crippen molar-refractivity contribution in [3.8, 4) is 0 Å². The smallest absolute Gasteiger partial charge is 0.193 e. The van der Waals surface area contributed by atoms with Gasteiger partial charge in [-0.25, -0.2) is 4.98 Å². The van der Waals surface area contributed by atoms with Crippen molar-refractivity contribution in [3.63, 3.8) is 0 Å². The van der Waals surface area contributed by atoms with Crippen LogP contribution in [0.15, 0.2) is 17.8 Å². The lowest BCUT2D eigenvalue weighted by molar-refractivity contribution is 0.125. The average Bonchev–Trinajstić information content (AvgIpc) is 2.81. The molecule has 2 aromatic heterocycles. The predicted octanol–water partition coefficient (Wildman–Crippen LogP) is 3.11. The van der Waals surface area contributed by atoms with Gasteiger partial charge < -0.3 is 5.32 Å². The van der Waals surface area contributed by atoms with Crippen molar-refractivity contribution < 1.29 is 0 Å². The monoisotopic (exact) mass is 263 g/mol. The maximum Gasteiger partial charge on any atom is 0.193 e. The van der Waals surface area contributed by atoms with Crippen molar-refractivity contribution in [2.45, 2.75) is 45.6 Å². The zero-order valence-electron chi connectivity index (χ0n) is 11.1. The minimum atomic E-state index is 0.467. The fourth-order valence-electron chi connectivity index (χ4n) is 2.76. The van der Waals surface area contributed by atoms with Crippen LogP contribution in [-0.4, -0.2) is 22.0 Å². The Balaban J connectivity index is 1.71. The normalized spacial score (nSPS) is 18.4. The molecular formula is C14H21N3S.